The average Bonchev–Trinajstić information content (AvgIpc) is 3.23. The average molecular weight is 515 g/mol. The molecule has 2 aromatic heterocycles. The van der Waals surface area contributed by atoms with Crippen molar-refractivity contribution in [2.75, 3.05) is 0 Å². The van der Waals surface area contributed by atoms with Crippen molar-refractivity contribution in [1.82, 2.24) is 19.4 Å². The van der Waals surface area contributed by atoms with Gasteiger partial charge >= 0.3 is 5.69 Å². The molecule has 1 saturated heterocycles. The highest BCUT2D eigenvalue weighted by molar-refractivity contribution is 8.15. The largest absolute Gasteiger partial charge is 0.332 e. The second kappa shape index (κ2) is 11.0. The van der Waals surface area contributed by atoms with Crippen molar-refractivity contribution in [2.45, 2.75) is 44.0 Å². The first kappa shape index (κ1) is 24.7. The van der Waals surface area contributed by atoms with Gasteiger partial charge in [0, 0.05) is 12.7 Å². The van der Waals surface area contributed by atoms with E-state index in [4.69, 9.17) is 0 Å². The highest BCUT2D eigenvalue weighted by Gasteiger charge is 2.31. The Bertz CT molecular complexity index is 1560. The Morgan fingerprint density at radius 2 is 1.57 bits per heavy atom. The molecule has 2 aromatic carbocycles. The zero-order valence-electron chi connectivity index (χ0n) is 20.1. The van der Waals surface area contributed by atoms with Gasteiger partial charge in [-0.15, -0.1) is 0 Å². The zero-order valence-corrected chi connectivity index (χ0v) is 20.9. The van der Waals surface area contributed by atoms with Crippen LogP contribution in [-0.4, -0.2) is 30.5 Å². The number of amides is 2. The van der Waals surface area contributed by atoms with E-state index in [2.05, 4.69) is 22.4 Å². The molecular weight excluding hydrogens is 488 g/mol. The number of pyridine rings is 1. The Hall–Kier alpha value is -3.98. The Morgan fingerprint density at radius 3 is 2.30 bits per heavy atom. The molecule has 1 unspecified atom stereocenters. The number of aryl methyl sites for hydroxylation is 1. The van der Waals surface area contributed by atoms with E-state index in [0.717, 1.165) is 35.7 Å². The lowest BCUT2D eigenvalue weighted by atomic mass is 10.1. The van der Waals surface area contributed by atoms with Crippen LogP contribution in [0.1, 0.15) is 29.5 Å². The van der Waals surface area contributed by atoms with Crippen LogP contribution in [-0.2, 0) is 30.7 Å². The summed E-state index contributed by atoms with van der Waals surface area (Å²) < 4.78 is 2.86. The smallest absolute Gasteiger partial charge is 0.286 e. The fourth-order valence-electron chi connectivity index (χ4n) is 4.54. The molecule has 2 amide bonds. The number of carbonyl (C=O) groups is 2. The first-order chi connectivity index (χ1) is 18.0. The molecule has 188 valence electrons. The van der Waals surface area contributed by atoms with Crippen LogP contribution in [0.5, 0.6) is 0 Å². The summed E-state index contributed by atoms with van der Waals surface area (Å²) in [4.78, 5) is 54.2. The summed E-state index contributed by atoms with van der Waals surface area (Å²) >= 11 is 1.00. The zero-order chi connectivity index (χ0) is 25.8. The predicted octanol–water partition coefficient (Wildman–Crippen LogP) is 3.52. The number of thioether (sulfide) groups is 1. The van der Waals surface area contributed by atoms with Gasteiger partial charge in [0.25, 0.3) is 10.8 Å². The number of nitrogens with one attached hydrogen (secondary N) is 1. The Balaban J connectivity index is 1.35. The molecule has 1 atom stereocenters. The number of aromatic nitrogens is 3. The van der Waals surface area contributed by atoms with E-state index in [0.29, 0.717) is 30.4 Å². The fraction of sp³-hybridized carbons (Fsp3) is 0.250. The Morgan fingerprint density at radius 1 is 0.811 bits per heavy atom. The van der Waals surface area contributed by atoms with Gasteiger partial charge in [0.1, 0.15) is 5.65 Å². The van der Waals surface area contributed by atoms with Gasteiger partial charge in [-0.1, -0.05) is 66.4 Å². The van der Waals surface area contributed by atoms with Crippen LogP contribution >= 0.6 is 11.8 Å². The molecule has 8 nitrogen and oxygen atoms in total. The molecule has 0 spiro atoms. The van der Waals surface area contributed by atoms with Crippen molar-refractivity contribution in [1.29, 1.82) is 0 Å². The van der Waals surface area contributed by atoms with Gasteiger partial charge < -0.3 is 0 Å². The second-order valence-electron chi connectivity index (χ2n) is 9.05. The highest BCUT2D eigenvalue weighted by atomic mass is 32.2. The number of fused-ring (bicyclic) bond motifs is 1. The summed E-state index contributed by atoms with van der Waals surface area (Å²) in [5.41, 5.74) is 2.69. The van der Waals surface area contributed by atoms with Crippen molar-refractivity contribution < 1.29 is 9.59 Å². The maximum absolute atomic E-state index is 13.4. The van der Waals surface area contributed by atoms with E-state index < -0.39 is 5.25 Å². The van der Waals surface area contributed by atoms with Crippen molar-refractivity contribution >= 4 is 33.9 Å². The molecule has 1 N–H and O–H groups in total. The van der Waals surface area contributed by atoms with Gasteiger partial charge in [-0.3, -0.25) is 28.8 Å². The number of imide groups is 1. The maximum atomic E-state index is 13.4. The summed E-state index contributed by atoms with van der Waals surface area (Å²) in [5.74, 6) is -0.269. The topological polar surface area (TPSA) is 103 Å². The van der Waals surface area contributed by atoms with Gasteiger partial charge in [0.2, 0.25) is 5.91 Å². The molecular formula is C28H26N4O4S. The van der Waals surface area contributed by atoms with Crippen molar-refractivity contribution in [3.8, 4) is 0 Å². The SMILES string of the molecule is O=C1NC(=O)C(Cc2ccc(Cn3c(=O)n(CCCCc4ccccc4)c(=O)c4cccnc43)cc2)S1. The summed E-state index contributed by atoms with van der Waals surface area (Å²) in [7, 11) is 0. The van der Waals surface area contributed by atoms with Crippen LogP contribution in [0, 0.1) is 0 Å². The number of unbranched alkanes of at least 4 members (excludes halogenated alkanes) is 1. The van der Waals surface area contributed by atoms with Crippen molar-refractivity contribution in [2.24, 2.45) is 0 Å². The number of hydrogen-bond donors (Lipinski definition) is 1. The molecule has 3 heterocycles. The first-order valence-corrected chi connectivity index (χ1v) is 13.1. The number of hydrogen-bond acceptors (Lipinski definition) is 6. The van der Waals surface area contributed by atoms with Crippen LogP contribution in [0.3, 0.4) is 0 Å². The van der Waals surface area contributed by atoms with E-state index >= 15 is 0 Å². The molecule has 0 saturated carbocycles. The minimum atomic E-state index is -0.431. The number of benzene rings is 2. The molecule has 1 aliphatic heterocycles. The van der Waals surface area contributed by atoms with Gasteiger partial charge in [-0.2, -0.15) is 0 Å². The predicted molar refractivity (Wildman–Crippen MR) is 144 cm³/mol. The molecule has 37 heavy (non-hydrogen) atoms. The third-order valence-electron chi connectivity index (χ3n) is 6.47. The van der Waals surface area contributed by atoms with Gasteiger partial charge in [0.05, 0.1) is 17.2 Å². The lowest BCUT2D eigenvalue weighted by Crippen LogP contribution is -2.40. The van der Waals surface area contributed by atoms with Gasteiger partial charge in [0.15, 0.2) is 0 Å². The lowest BCUT2D eigenvalue weighted by Gasteiger charge is -2.14. The number of rotatable bonds is 9. The molecule has 0 aliphatic carbocycles. The van der Waals surface area contributed by atoms with E-state index in [1.807, 2.05) is 42.5 Å². The van der Waals surface area contributed by atoms with Crippen LogP contribution < -0.4 is 16.6 Å². The molecule has 1 fully saturated rings. The highest BCUT2D eigenvalue weighted by Crippen LogP contribution is 2.23. The molecule has 5 rings (SSSR count). The summed E-state index contributed by atoms with van der Waals surface area (Å²) in [6.45, 7) is 0.599. The summed E-state index contributed by atoms with van der Waals surface area (Å²) in [6, 6.07) is 21.1. The van der Waals surface area contributed by atoms with Crippen molar-refractivity contribution in [3.63, 3.8) is 0 Å². The molecule has 9 heteroatoms. The summed E-state index contributed by atoms with van der Waals surface area (Å²) in [5, 5.41) is 1.97. The van der Waals surface area contributed by atoms with E-state index in [-0.39, 0.29) is 28.9 Å². The van der Waals surface area contributed by atoms with E-state index in [9.17, 15) is 19.2 Å². The molecule has 0 bridgehead atoms. The van der Waals surface area contributed by atoms with Crippen LogP contribution in [0.2, 0.25) is 0 Å². The lowest BCUT2D eigenvalue weighted by molar-refractivity contribution is -0.118. The molecule has 4 aromatic rings. The van der Waals surface area contributed by atoms with Crippen LogP contribution in [0.15, 0.2) is 82.5 Å². The Kier molecular flexibility index (Phi) is 7.32. The molecule has 1 aliphatic rings. The molecule has 0 radical (unpaired) electrons. The second-order valence-corrected chi connectivity index (χ2v) is 10.2. The first-order valence-electron chi connectivity index (χ1n) is 12.2. The van der Waals surface area contributed by atoms with Crippen LogP contribution in [0.25, 0.3) is 11.0 Å². The normalized spacial score (nSPS) is 15.3. The van der Waals surface area contributed by atoms with Crippen molar-refractivity contribution in [3.05, 3.63) is 110 Å². The number of carbonyl (C=O) groups excluding carboxylic acids is 2. The third-order valence-corrected chi connectivity index (χ3v) is 7.45. The fourth-order valence-corrected chi connectivity index (χ4v) is 5.40. The van der Waals surface area contributed by atoms with Crippen LogP contribution in [0.4, 0.5) is 4.79 Å². The summed E-state index contributed by atoms with van der Waals surface area (Å²) in [6.07, 6.45) is 4.49. The third kappa shape index (κ3) is 5.56. The number of nitrogens with zero attached hydrogens (tertiary/aromatic N) is 3. The standard InChI is InChI=1S/C28H26N4O4S/c33-25-23(37-27(35)30-25)17-20-11-13-21(14-12-20)18-32-24-22(10-6-15-29-24)26(34)31(28(32)36)16-5-4-9-19-7-2-1-3-8-19/h1-3,6-8,10-15,23H,4-5,9,16-18H2,(H,30,33,35). The Labute approximate surface area is 217 Å². The minimum Gasteiger partial charge on any atom is -0.286 e. The van der Waals surface area contributed by atoms with Gasteiger partial charge in [-0.25, -0.2) is 9.78 Å². The monoisotopic (exact) mass is 514 g/mol. The maximum Gasteiger partial charge on any atom is 0.332 e. The quantitative estimate of drug-likeness (QED) is 0.343. The van der Waals surface area contributed by atoms with E-state index in [1.165, 1.54) is 10.1 Å². The minimum absolute atomic E-state index is 0.258. The van der Waals surface area contributed by atoms with E-state index in [1.54, 1.807) is 22.9 Å². The van der Waals surface area contributed by atoms with Gasteiger partial charge in [-0.05, 0) is 54.5 Å².